The van der Waals surface area contributed by atoms with Gasteiger partial charge in [0.05, 0.1) is 12.1 Å². The number of carbonyl (C=O) groups excluding carboxylic acids is 2. The van der Waals surface area contributed by atoms with Crippen LogP contribution in [-0.2, 0) is 4.79 Å². The van der Waals surface area contributed by atoms with E-state index in [1.165, 1.54) is 18.2 Å². The largest absolute Gasteiger partial charge is 0.405 e. The summed E-state index contributed by atoms with van der Waals surface area (Å²) in [5, 5.41) is 4.67. The third kappa shape index (κ3) is 6.02. The van der Waals surface area contributed by atoms with Crippen molar-refractivity contribution in [2.24, 2.45) is 0 Å². The van der Waals surface area contributed by atoms with Crippen molar-refractivity contribution in [3.8, 4) is 0 Å². The molecule has 0 aromatic heterocycles. The maximum absolute atomic E-state index is 12.5. The summed E-state index contributed by atoms with van der Waals surface area (Å²) in [6.45, 7) is 0.769. The third-order valence-corrected chi connectivity index (χ3v) is 3.74. The first-order chi connectivity index (χ1) is 12.8. The van der Waals surface area contributed by atoms with E-state index in [1.807, 2.05) is 30.4 Å². The van der Waals surface area contributed by atoms with Gasteiger partial charge in [-0.15, -0.1) is 0 Å². The zero-order valence-corrected chi connectivity index (χ0v) is 14.7. The minimum Gasteiger partial charge on any atom is -0.375 e. The first-order valence-electron chi connectivity index (χ1n) is 8.35. The van der Waals surface area contributed by atoms with E-state index in [1.54, 1.807) is 23.1 Å². The molecule has 0 fully saturated rings. The number of alkyl halides is 3. The van der Waals surface area contributed by atoms with Crippen LogP contribution in [0.5, 0.6) is 0 Å². The van der Waals surface area contributed by atoms with Gasteiger partial charge in [-0.3, -0.25) is 9.59 Å². The molecule has 2 aromatic rings. The average molecular weight is 379 g/mol. The van der Waals surface area contributed by atoms with Gasteiger partial charge in [0.25, 0.3) is 5.91 Å². The van der Waals surface area contributed by atoms with E-state index < -0.39 is 18.6 Å². The molecule has 0 aliphatic heterocycles. The minimum atomic E-state index is -4.49. The molecular weight excluding hydrogens is 359 g/mol. The van der Waals surface area contributed by atoms with E-state index in [2.05, 4.69) is 5.32 Å². The molecule has 0 saturated heterocycles. The Morgan fingerprint density at radius 2 is 1.63 bits per heavy atom. The summed E-state index contributed by atoms with van der Waals surface area (Å²) in [6.07, 6.45) is -4.49. The highest BCUT2D eigenvalue weighted by molar-refractivity contribution is 6.01. The molecule has 0 bridgehead atoms. The summed E-state index contributed by atoms with van der Waals surface area (Å²) >= 11 is 0. The Morgan fingerprint density at radius 3 is 2.26 bits per heavy atom. The lowest BCUT2D eigenvalue weighted by Crippen LogP contribution is -2.36. The highest BCUT2D eigenvalue weighted by atomic mass is 19.4. The van der Waals surface area contributed by atoms with Crippen LogP contribution in [0, 0.1) is 0 Å². The molecule has 2 N–H and O–H groups in total. The molecule has 0 heterocycles. The van der Waals surface area contributed by atoms with E-state index in [4.69, 9.17) is 0 Å². The van der Waals surface area contributed by atoms with E-state index in [9.17, 15) is 22.8 Å². The first kappa shape index (κ1) is 20.3. The smallest absolute Gasteiger partial charge is 0.375 e. The Hall–Kier alpha value is -3.03. The normalized spacial score (nSPS) is 11.0. The molecule has 0 spiro atoms. The molecule has 2 aromatic carbocycles. The number of nitrogens with one attached hydrogen (secondary N) is 2. The van der Waals surface area contributed by atoms with Crippen molar-refractivity contribution >= 4 is 23.2 Å². The second-order valence-corrected chi connectivity index (χ2v) is 5.67. The minimum absolute atomic E-state index is 0.0392. The standard InChI is InChI=1S/C19H20F3N3O2/c1-2-25(14-8-4-3-5-9-14)17(26)12-23-16-11-7-6-10-15(16)18(27)24-13-19(20,21)22/h3-11,23H,2,12-13H2,1H3,(H,24,27). The van der Waals surface area contributed by atoms with E-state index in [-0.39, 0.29) is 23.7 Å². The van der Waals surface area contributed by atoms with Crippen LogP contribution < -0.4 is 15.5 Å². The van der Waals surface area contributed by atoms with Crippen molar-refractivity contribution in [2.45, 2.75) is 13.1 Å². The third-order valence-electron chi connectivity index (χ3n) is 3.74. The van der Waals surface area contributed by atoms with Gasteiger partial charge < -0.3 is 15.5 Å². The summed E-state index contributed by atoms with van der Waals surface area (Å²) in [5.74, 6) is -1.09. The molecular formula is C19H20F3N3O2. The Morgan fingerprint density at radius 1 is 1.00 bits per heavy atom. The number of likely N-dealkylation sites (N-methyl/N-ethyl adjacent to an activating group) is 1. The summed E-state index contributed by atoms with van der Waals surface area (Å²) in [6, 6.07) is 15.2. The molecule has 27 heavy (non-hydrogen) atoms. The van der Waals surface area contributed by atoms with Gasteiger partial charge in [-0.2, -0.15) is 13.2 Å². The maximum atomic E-state index is 12.5. The topological polar surface area (TPSA) is 61.4 Å². The molecule has 2 amide bonds. The maximum Gasteiger partial charge on any atom is 0.405 e. The molecule has 5 nitrogen and oxygen atoms in total. The first-order valence-corrected chi connectivity index (χ1v) is 8.35. The number of amides is 2. The number of hydrogen-bond donors (Lipinski definition) is 2. The number of benzene rings is 2. The second-order valence-electron chi connectivity index (χ2n) is 5.67. The monoisotopic (exact) mass is 379 g/mol. The van der Waals surface area contributed by atoms with Crippen LogP contribution in [0.15, 0.2) is 54.6 Å². The van der Waals surface area contributed by atoms with Crippen LogP contribution >= 0.6 is 0 Å². The van der Waals surface area contributed by atoms with Crippen molar-refractivity contribution in [1.29, 1.82) is 0 Å². The van der Waals surface area contributed by atoms with Gasteiger partial charge in [-0.1, -0.05) is 30.3 Å². The van der Waals surface area contributed by atoms with Crippen LogP contribution in [0.4, 0.5) is 24.5 Å². The van der Waals surface area contributed by atoms with Gasteiger partial charge in [0, 0.05) is 17.9 Å². The Labute approximate surface area is 155 Å². The lowest BCUT2D eigenvalue weighted by molar-refractivity contribution is -0.123. The number of hydrogen-bond acceptors (Lipinski definition) is 3. The molecule has 0 radical (unpaired) electrons. The van der Waals surface area contributed by atoms with Crippen molar-refractivity contribution in [2.75, 3.05) is 29.9 Å². The number of para-hydroxylation sites is 2. The summed E-state index contributed by atoms with van der Waals surface area (Å²) in [4.78, 5) is 26.1. The fraction of sp³-hybridized carbons (Fsp3) is 0.263. The summed E-state index contributed by atoms with van der Waals surface area (Å²) < 4.78 is 36.9. The highest BCUT2D eigenvalue weighted by Crippen LogP contribution is 2.18. The molecule has 0 atom stereocenters. The molecule has 144 valence electrons. The van der Waals surface area contributed by atoms with Crippen molar-refractivity contribution in [3.05, 3.63) is 60.2 Å². The van der Waals surface area contributed by atoms with Crippen LogP contribution in [0.25, 0.3) is 0 Å². The van der Waals surface area contributed by atoms with Crippen LogP contribution in [0.2, 0.25) is 0 Å². The van der Waals surface area contributed by atoms with Crippen LogP contribution in [-0.4, -0.2) is 37.6 Å². The van der Waals surface area contributed by atoms with E-state index in [0.29, 0.717) is 6.54 Å². The quantitative estimate of drug-likeness (QED) is 0.775. The fourth-order valence-corrected chi connectivity index (χ4v) is 2.49. The lowest BCUT2D eigenvalue weighted by atomic mass is 10.1. The second kappa shape index (κ2) is 9.07. The fourth-order valence-electron chi connectivity index (χ4n) is 2.49. The van der Waals surface area contributed by atoms with E-state index in [0.717, 1.165) is 5.69 Å². The molecule has 8 heteroatoms. The lowest BCUT2D eigenvalue weighted by Gasteiger charge is -2.22. The number of halogens is 3. The van der Waals surface area contributed by atoms with Gasteiger partial charge in [-0.05, 0) is 31.2 Å². The molecule has 0 aliphatic rings. The van der Waals surface area contributed by atoms with Crippen LogP contribution in [0.3, 0.4) is 0 Å². The predicted molar refractivity (Wildman–Crippen MR) is 97.8 cm³/mol. The number of anilines is 2. The highest BCUT2D eigenvalue weighted by Gasteiger charge is 2.28. The van der Waals surface area contributed by atoms with Gasteiger partial charge in [0.2, 0.25) is 5.91 Å². The van der Waals surface area contributed by atoms with Gasteiger partial charge >= 0.3 is 6.18 Å². The Balaban J connectivity index is 2.05. The molecule has 2 rings (SSSR count). The number of rotatable bonds is 7. The van der Waals surface area contributed by atoms with Gasteiger partial charge in [0.1, 0.15) is 6.54 Å². The number of nitrogens with zero attached hydrogens (tertiary/aromatic N) is 1. The SMILES string of the molecule is CCN(C(=O)CNc1ccccc1C(=O)NCC(F)(F)F)c1ccccc1. The molecule has 0 saturated carbocycles. The van der Waals surface area contributed by atoms with Crippen molar-refractivity contribution in [3.63, 3.8) is 0 Å². The Bertz CT molecular complexity index is 779. The Kier molecular flexibility index (Phi) is 6.81. The average Bonchev–Trinajstić information content (AvgIpc) is 2.65. The van der Waals surface area contributed by atoms with Gasteiger partial charge in [-0.25, -0.2) is 0 Å². The van der Waals surface area contributed by atoms with Crippen molar-refractivity contribution in [1.82, 2.24) is 5.32 Å². The summed E-state index contributed by atoms with van der Waals surface area (Å²) in [7, 11) is 0. The summed E-state index contributed by atoms with van der Waals surface area (Å²) in [5.41, 5.74) is 1.06. The van der Waals surface area contributed by atoms with Crippen LogP contribution in [0.1, 0.15) is 17.3 Å². The number of carbonyl (C=O) groups is 2. The predicted octanol–water partition coefficient (Wildman–Crippen LogP) is 3.44. The zero-order chi connectivity index (χ0) is 19.9. The zero-order valence-electron chi connectivity index (χ0n) is 14.7. The van der Waals surface area contributed by atoms with Crippen molar-refractivity contribution < 1.29 is 22.8 Å². The van der Waals surface area contributed by atoms with E-state index >= 15 is 0 Å². The molecule has 0 unspecified atom stereocenters. The molecule has 0 aliphatic carbocycles. The van der Waals surface area contributed by atoms with Gasteiger partial charge in [0.15, 0.2) is 0 Å².